The van der Waals surface area contributed by atoms with Crippen molar-refractivity contribution in [3.05, 3.63) is 17.5 Å². The van der Waals surface area contributed by atoms with Crippen molar-refractivity contribution >= 4 is 5.97 Å². The van der Waals surface area contributed by atoms with Gasteiger partial charge >= 0.3 is 5.97 Å². The van der Waals surface area contributed by atoms with Gasteiger partial charge in [0.2, 0.25) is 0 Å². The summed E-state index contributed by atoms with van der Waals surface area (Å²) in [5, 5.41) is 15.6. The van der Waals surface area contributed by atoms with Crippen molar-refractivity contribution in [2.24, 2.45) is 0 Å². The average Bonchev–Trinajstić information content (AvgIpc) is 3.09. The van der Waals surface area contributed by atoms with Crippen LogP contribution in [0.5, 0.6) is 0 Å². The van der Waals surface area contributed by atoms with Gasteiger partial charge in [-0.15, -0.1) is 0 Å². The Bertz CT molecular complexity index is 499. The Kier molecular flexibility index (Phi) is 5.07. The van der Waals surface area contributed by atoms with Crippen LogP contribution in [0.15, 0.2) is 6.20 Å². The fourth-order valence-electron chi connectivity index (χ4n) is 3.33. The van der Waals surface area contributed by atoms with Gasteiger partial charge in [-0.25, -0.2) is 4.79 Å². The van der Waals surface area contributed by atoms with Gasteiger partial charge in [0, 0.05) is 38.3 Å². The molecule has 7 heteroatoms. The molecule has 2 aliphatic rings. The number of carbonyl (C=O) groups is 1. The Balaban J connectivity index is 1.59. The summed E-state index contributed by atoms with van der Waals surface area (Å²) in [6.45, 7) is 6.49. The molecule has 1 aromatic heterocycles. The molecule has 0 bridgehead atoms. The number of H-pyrrole nitrogens is 1. The minimum Gasteiger partial charge on any atom is -0.477 e. The third-order valence-corrected chi connectivity index (χ3v) is 4.42. The van der Waals surface area contributed by atoms with Crippen molar-refractivity contribution in [2.45, 2.75) is 31.9 Å². The number of aromatic nitrogens is 2. The molecule has 0 saturated carbocycles. The van der Waals surface area contributed by atoms with E-state index >= 15 is 0 Å². The summed E-state index contributed by atoms with van der Waals surface area (Å²) in [4.78, 5) is 15.9. The largest absolute Gasteiger partial charge is 0.477 e. The first-order chi connectivity index (χ1) is 10.7. The normalized spacial score (nSPS) is 24.5. The average molecular weight is 308 g/mol. The first-order valence-electron chi connectivity index (χ1n) is 8.04. The van der Waals surface area contributed by atoms with Crippen LogP contribution in [0.25, 0.3) is 0 Å². The maximum atomic E-state index is 11.2. The topological polar surface area (TPSA) is 81.7 Å². The second kappa shape index (κ2) is 7.21. The Morgan fingerprint density at radius 1 is 1.32 bits per heavy atom. The molecule has 2 N–H and O–H groups in total. The molecule has 0 aromatic carbocycles. The molecule has 3 heterocycles. The third kappa shape index (κ3) is 3.85. The summed E-state index contributed by atoms with van der Waals surface area (Å²) in [5.74, 6) is -0.952. The molecule has 22 heavy (non-hydrogen) atoms. The Labute approximate surface area is 130 Å². The van der Waals surface area contributed by atoms with Crippen molar-refractivity contribution in [3.63, 3.8) is 0 Å². The summed E-state index contributed by atoms with van der Waals surface area (Å²) >= 11 is 0. The Morgan fingerprint density at radius 2 is 2.09 bits per heavy atom. The van der Waals surface area contributed by atoms with Gasteiger partial charge in [0.1, 0.15) is 5.69 Å². The van der Waals surface area contributed by atoms with Gasteiger partial charge in [-0.1, -0.05) is 0 Å². The van der Waals surface area contributed by atoms with E-state index in [1.165, 1.54) is 25.9 Å². The van der Waals surface area contributed by atoms with E-state index in [4.69, 9.17) is 9.84 Å². The minimum atomic E-state index is -0.952. The number of aromatic amines is 1. The van der Waals surface area contributed by atoms with Gasteiger partial charge in [0.25, 0.3) is 0 Å². The van der Waals surface area contributed by atoms with E-state index in [2.05, 4.69) is 20.0 Å². The standard InChI is InChI=1S/C15H24N4O3/c20-15(21)14-12(8-16-17-14)9-19-6-3-7-22-13(11-19)10-18-4-1-2-5-18/h8,13H,1-7,9-11H2,(H,16,17)(H,20,21). The highest BCUT2D eigenvalue weighted by atomic mass is 16.5. The van der Waals surface area contributed by atoms with Gasteiger partial charge in [0.15, 0.2) is 0 Å². The minimum absolute atomic E-state index is 0.196. The van der Waals surface area contributed by atoms with E-state index in [0.29, 0.717) is 6.54 Å². The number of ether oxygens (including phenoxy) is 1. The van der Waals surface area contributed by atoms with Gasteiger partial charge < -0.3 is 14.7 Å². The van der Waals surface area contributed by atoms with Crippen molar-refractivity contribution < 1.29 is 14.6 Å². The predicted molar refractivity (Wildman–Crippen MR) is 80.9 cm³/mol. The summed E-state index contributed by atoms with van der Waals surface area (Å²) in [7, 11) is 0. The molecule has 0 radical (unpaired) electrons. The zero-order valence-electron chi connectivity index (χ0n) is 12.8. The number of carboxylic acid groups (broad SMARTS) is 1. The lowest BCUT2D eigenvalue weighted by atomic mass is 10.2. The highest BCUT2D eigenvalue weighted by Gasteiger charge is 2.24. The van der Waals surface area contributed by atoms with Crippen LogP contribution in [0, 0.1) is 0 Å². The van der Waals surface area contributed by atoms with E-state index in [1.54, 1.807) is 6.20 Å². The van der Waals surface area contributed by atoms with E-state index in [9.17, 15) is 4.79 Å². The number of nitrogens with one attached hydrogen (secondary N) is 1. The maximum absolute atomic E-state index is 11.2. The molecule has 122 valence electrons. The van der Waals surface area contributed by atoms with E-state index < -0.39 is 5.97 Å². The van der Waals surface area contributed by atoms with Gasteiger partial charge in [0.05, 0.1) is 12.3 Å². The first kappa shape index (κ1) is 15.5. The zero-order valence-corrected chi connectivity index (χ0v) is 12.8. The molecule has 1 aromatic rings. The maximum Gasteiger partial charge on any atom is 0.354 e. The van der Waals surface area contributed by atoms with Crippen LogP contribution in [-0.2, 0) is 11.3 Å². The highest BCUT2D eigenvalue weighted by molar-refractivity contribution is 5.86. The summed E-state index contributed by atoms with van der Waals surface area (Å²) in [5.41, 5.74) is 0.940. The van der Waals surface area contributed by atoms with Gasteiger partial charge in [-0.2, -0.15) is 5.10 Å². The fraction of sp³-hybridized carbons (Fsp3) is 0.733. The molecule has 1 atom stereocenters. The molecule has 7 nitrogen and oxygen atoms in total. The molecule has 2 fully saturated rings. The number of likely N-dealkylation sites (tertiary alicyclic amines) is 1. The SMILES string of the molecule is O=C(O)c1[nH]ncc1CN1CCCOC(CN2CCCC2)C1. The van der Waals surface area contributed by atoms with Crippen LogP contribution >= 0.6 is 0 Å². The van der Waals surface area contributed by atoms with Crippen LogP contribution in [0.1, 0.15) is 35.3 Å². The molecule has 2 aliphatic heterocycles. The molecule has 2 saturated heterocycles. The van der Waals surface area contributed by atoms with Gasteiger partial charge in [-0.3, -0.25) is 10.00 Å². The Morgan fingerprint density at radius 3 is 2.86 bits per heavy atom. The number of aromatic carboxylic acids is 1. The summed E-state index contributed by atoms with van der Waals surface area (Å²) in [6, 6.07) is 0. The quantitative estimate of drug-likeness (QED) is 0.837. The Hall–Kier alpha value is -1.44. The summed E-state index contributed by atoms with van der Waals surface area (Å²) < 4.78 is 5.97. The molecule has 0 spiro atoms. The van der Waals surface area contributed by atoms with Crippen LogP contribution in [0.3, 0.4) is 0 Å². The smallest absolute Gasteiger partial charge is 0.354 e. The molecule has 0 amide bonds. The second-order valence-corrected chi connectivity index (χ2v) is 6.16. The lowest BCUT2D eigenvalue weighted by Gasteiger charge is -2.26. The van der Waals surface area contributed by atoms with Crippen LogP contribution in [0.4, 0.5) is 0 Å². The number of rotatable bonds is 5. The van der Waals surface area contributed by atoms with E-state index in [0.717, 1.165) is 38.2 Å². The summed E-state index contributed by atoms with van der Waals surface area (Å²) in [6.07, 6.45) is 5.38. The predicted octanol–water partition coefficient (Wildman–Crippen LogP) is 0.795. The third-order valence-electron chi connectivity index (χ3n) is 4.42. The molecule has 0 aliphatic carbocycles. The number of carboxylic acids is 1. The van der Waals surface area contributed by atoms with Crippen molar-refractivity contribution in [1.82, 2.24) is 20.0 Å². The molecule has 1 unspecified atom stereocenters. The molecule has 3 rings (SSSR count). The number of hydrogen-bond acceptors (Lipinski definition) is 5. The lowest BCUT2D eigenvalue weighted by molar-refractivity contribution is 0.0307. The van der Waals surface area contributed by atoms with Gasteiger partial charge in [-0.05, 0) is 32.4 Å². The second-order valence-electron chi connectivity index (χ2n) is 6.16. The molecular formula is C15H24N4O3. The monoisotopic (exact) mass is 308 g/mol. The van der Waals surface area contributed by atoms with Crippen LogP contribution in [-0.4, -0.2) is 76.5 Å². The van der Waals surface area contributed by atoms with Crippen molar-refractivity contribution in [1.29, 1.82) is 0 Å². The van der Waals surface area contributed by atoms with E-state index in [-0.39, 0.29) is 11.8 Å². The van der Waals surface area contributed by atoms with E-state index in [1.807, 2.05) is 0 Å². The van der Waals surface area contributed by atoms with Crippen molar-refractivity contribution in [2.75, 3.05) is 39.3 Å². The van der Waals surface area contributed by atoms with Crippen LogP contribution < -0.4 is 0 Å². The molecular weight excluding hydrogens is 284 g/mol. The zero-order chi connectivity index (χ0) is 15.4. The number of hydrogen-bond donors (Lipinski definition) is 2. The fourth-order valence-corrected chi connectivity index (χ4v) is 3.33. The highest BCUT2D eigenvalue weighted by Crippen LogP contribution is 2.15. The number of nitrogens with zero attached hydrogens (tertiary/aromatic N) is 3. The lowest BCUT2D eigenvalue weighted by Crippen LogP contribution is -2.39. The van der Waals surface area contributed by atoms with Crippen LogP contribution in [0.2, 0.25) is 0 Å². The van der Waals surface area contributed by atoms with Crippen molar-refractivity contribution in [3.8, 4) is 0 Å². The first-order valence-corrected chi connectivity index (χ1v) is 8.04.